The second kappa shape index (κ2) is 7.09. The lowest BCUT2D eigenvalue weighted by Gasteiger charge is -2.01. The molecule has 0 atom stereocenters. The Morgan fingerprint density at radius 3 is 2.52 bits per heavy atom. The minimum Gasteiger partial charge on any atom is -0.457 e. The number of allylic oxidation sites excluding steroid dienone is 1. The van der Waals surface area contributed by atoms with Crippen LogP contribution in [-0.4, -0.2) is 20.6 Å². The Balaban J connectivity index is 1.88. The molecule has 0 saturated heterocycles. The van der Waals surface area contributed by atoms with Gasteiger partial charge in [-0.05, 0) is 44.2 Å². The van der Waals surface area contributed by atoms with Gasteiger partial charge in [-0.15, -0.1) is 0 Å². The molecule has 0 radical (unpaired) electrons. The summed E-state index contributed by atoms with van der Waals surface area (Å²) < 4.78 is 6.82. The molecule has 134 valence electrons. The molecule has 0 aliphatic heterocycles. The first-order valence-corrected chi connectivity index (χ1v) is 7.93. The van der Waals surface area contributed by atoms with Crippen LogP contribution in [-0.2, 0) is 0 Å². The van der Waals surface area contributed by atoms with Gasteiger partial charge in [0.2, 0.25) is 0 Å². The van der Waals surface area contributed by atoms with Crippen molar-refractivity contribution in [1.82, 2.24) is 9.78 Å². The number of nitro benzene ring substituents is 1. The lowest BCUT2D eigenvalue weighted by molar-refractivity contribution is -0.384. The highest BCUT2D eigenvalue weighted by Gasteiger charge is 2.16. The quantitative estimate of drug-likeness (QED) is 0.301. The number of carbonyl (C=O) groups excluding carboxylic acids is 1. The Bertz CT molecular complexity index is 1100. The number of aromatic nitrogens is 2. The van der Waals surface area contributed by atoms with E-state index in [0.717, 1.165) is 0 Å². The summed E-state index contributed by atoms with van der Waals surface area (Å²) in [7, 11) is 0. The normalized spacial score (nSPS) is 11.2. The molecule has 0 spiro atoms. The van der Waals surface area contributed by atoms with Crippen molar-refractivity contribution >= 4 is 17.7 Å². The molecule has 0 unspecified atom stereocenters. The molecule has 0 N–H and O–H groups in total. The number of non-ortho nitro benzene ring substituents is 1. The third kappa shape index (κ3) is 3.67. The Kier molecular flexibility index (Phi) is 4.68. The Morgan fingerprint density at radius 1 is 1.26 bits per heavy atom. The van der Waals surface area contributed by atoms with Crippen molar-refractivity contribution in [3.8, 4) is 17.4 Å². The molecule has 0 aliphatic rings. The average Bonchev–Trinajstić information content (AvgIpc) is 3.25. The van der Waals surface area contributed by atoms with E-state index in [0.29, 0.717) is 28.5 Å². The predicted octanol–water partition coefficient (Wildman–Crippen LogP) is 3.92. The maximum absolute atomic E-state index is 12.5. The molecule has 3 rings (SSSR count). The minimum absolute atomic E-state index is 0.0207. The molecule has 3 aromatic rings. The molecule has 0 saturated carbocycles. The van der Waals surface area contributed by atoms with Crippen LogP contribution in [0.25, 0.3) is 17.4 Å². The number of nitriles is 1. The summed E-state index contributed by atoms with van der Waals surface area (Å²) in [6.45, 7) is 3.49. The SMILES string of the molecule is Cc1cc(C)n(C(=O)/C(C#N)=C/c2ccc(-c3ccc([N+](=O)[O-])cc3)o2)n1. The molecule has 0 bridgehead atoms. The first-order valence-electron chi connectivity index (χ1n) is 7.93. The number of hydrogen-bond acceptors (Lipinski definition) is 6. The molecule has 1 aromatic carbocycles. The van der Waals surface area contributed by atoms with Crippen LogP contribution in [0.15, 0.2) is 52.5 Å². The van der Waals surface area contributed by atoms with E-state index in [-0.39, 0.29) is 11.3 Å². The van der Waals surface area contributed by atoms with Gasteiger partial charge in [-0.2, -0.15) is 10.4 Å². The van der Waals surface area contributed by atoms with Gasteiger partial charge >= 0.3 is 0 Å². The second-order valence-electron chi connectivity index (χ2n) is 5.82. The molecule has 0 aliphatic carbocycles. The van der Waals surface area contributed by atoms with E-state index < -0.39 is 10.8 Å². The van der Waals surface area contributed by atoms with Crippen molar-refractivity contribution in [1.29, 1.82) is 5.26 Å². The monoisotopic (exact) mass is 362 g/mol. The van der Waals surface area contributed by atoms with Crippen molar-refractivity contribution in [3.63, 3.8) is 0 Å². The molecule has 0 fully saturated rings. The number of furan rings is 1. The lowest BCUT2D eigenvalue weighted by atomic mass is 10.1. The smallest absolute Gasteiger partial charge is 0.289 e. The molecule has 8 heteroatoms. The number of nitrogens with zero attached hydrogens (tertiary/aromatic N) is 4. The summed E-state index contributed by atoms with van der Waals surface area (Å²) in [5, 5.41) is 24.1. The number of hydrogen-bond donors (Lipinski definition) is 0. The summed E-state index contributed by atoms with van der Waals surface area (Å²) in [6, 6.07) is 12.8. The summed E-state index contributed by atoms with van der Waals surface area (Å²) in [6.07, 6.45) is 1.34. The minimum atomic E-state index is -0.545. The van der Waals surface area contributed by atoms with E-state index in [9.17, 15) is 20.2 Å². The Labute approximate surface area is 154 Å². The van der Waals surface area contributed by atoms with Crippen molar-refractivity contribution in [3.05, 3.63) is 75.3 Å². The van der Waals surface area contributed by atoms with Gasteiger partial charge in [0.25, 0.3) is 11.6 Å². The van der Waals surface area contributed by atoms with Gasteiger partial charge in [0.1, 0.15) is 23.2 Å². The van der Waals surface area contributed by atoms with Gasteiger partial charge < -0.3 is 4.42 Å². The Morgan fingerprint density at radius 2 is 1.96 bits per heavy atom. The topological polar surface area (TPSA) is 115 Å². The van der Waals surface area contributed by atoms with Crippen molar-refractivity contribution < 1.29 is 14.1 Å². The molecular weight excluding hydrogens is 348 g/mol. The van der Waals surface area contributed by atoms with Gasteiger partial charge in [0.15, 0.2) is 0 Å². The fourth-order valence-electron chi connectivity index (χ4n) is 2.57. The zero-order valence-corrected chi connectivity index (χ0v) is 14.5. The van der Waals surface area contributed by atoms with E-state index in [2.05, 4.69) is 5.10 Å². The third-order valence-corrected chi connectivity index (χ3v) is 3.83. The van der Waals surface area contributed by atoms with Crippen LogP contribution in [0.4, 0.5) is 5.69 Å². The fourth-order valence-corrected chi connectivity index (χ4v) is 2.57. The Hall–Kier alpha value is -3.99. The van der Waals surface area contributed by atoms with Gasteiger partial charge in [0.05, 0.1) is 10.6 Å². The highest BCUT2D eigenvalue weighted by molar-refractivity contribution is 6.02. The molecule has 0 amide bonds. The summed E-state index contributed by atoms with van der Waals surface area (Å²) in [5.74, 6) is 0.234. The van der Waals surface area contributed by atoms with E-state index in [4.69, 9.17) is 4.42 Å². The van der Waals surface area contributed by atoms with Crippen LogP contribution in [0.1, 0.15) is 21.9 Å². The average molecular weight is 362 g/mol. The zero-order valence-electron chi connectivity index (χ0n) is 14.5. The van der Waals surface area contributed by atoms with E-state index in [1.54, 1.807) is 44.2 Å². The van der Waals surface area contributed by atoms with Crippen molar-refractivity contribution in [2.24, 2.45) is 0 Å². The third-order valence-electron chi connectivity index (χ3n) is 3.83. The fraction of sp³-hybridized carbons (Fsp3) is 0.105. The van der Waals surface area contributed by atoms with E-state index in [1.165, 1.54) is 22.9 Å². The first-order chi connectivity index (χ1) is 12.9. The highest BCUT2D eigenvalue weighted by atomic mass is 16.6. The molecule has 8 nitrogen and oxygen atoms in total. The zero-order chi connectivity index (χ0) is 19.6. The van der Waals surface area contributed by atoms with Gasteiger partial charge in [-0.1, -0.05) is 0 Å². The second-order valence-corrected chi connectivity index (χ2v) is 5.82. The summed E-state index contributed by atoms with van der Waals surface area (Å²) in [4.78, 5) is 22.7. The highest BCUT2D eigenvalue weighted by Crippen LogP contribution is 2.25. The predicted molar refractivity (Wildman–Crippen MR) is 96.7 cm³/mol. The van der Waals surface area contributed by atoms with E-state index >= 15 is 0 Å². The maximum Gasteiger partial charge on any atom is 0.289 e. The van der Waals surface area contributed by atoms with Crippen LogP contribution < -0.4 is 0 Å². The molecule has 2 heterocycles. The number of aryl methyl sites for hydroxylation is 2. The summed E-state index contributed by atoms with van der Waals surface area (Å²) >= 11 is 0. The number of rotatable bonds is 4. The number of benzene rings is 1. The van der Waals surface area contributed by atoms with Crippen molar-refractivity contribution in [2.75, 3.05) is 0 Å². The summed E-state index contributed by atoms with van der Waals surface area (Å²) in [5.41, 5.74) is 1.81. The van der Waals surface area contributed by atoms with Crippen LogP contribution in [0, 0.1) is 35.3 Å². The standard InChI is InChI=1S/C19H14N4O4/c1-12-9-13(2)22(21-12)19(24)15(11-20)10-17-7-8-18(27-17)14-3-5-16(6-4-14)23(25)26/h3-10H,1-2H3/b15-10+. The van der Waals surface area contributed by atoms with Gasteiger partial charge in [0, 0.05) is 29.5 Å². The molecule has 2 aromatic heterocycles. The van der Waals surface area contributed by atoms with Crippen LogP contribution >= 0.6 is 0 Å². The lowest BCUT2D eigenvalue weighted by Crippen LogP contribution is -2.15. The number of nitro groups is 1. The first kappa shape index (κ1) is 17.8. The molecular formula is C19H14N4O4. The van der Waals surface area contributed by atoms with Crippen molar-refractivity contribution in [2.45, 2.75) is 13.8 Å². The van der Waals surface area contributed by atoms with Crippen LogP contribution in [0.3, 0.4) is 0 Å². The van der Waals surface area contributed by atoms with Crippen LogP contribution in [0.2, 0.25) is 0 Å². The van der Waals surface area contributed by atoms with Gasteiger partial charge in [-0.3, -0.25) is 14.9 Å². The number of carbonyl (C=O) groups is 1. The van der Waals surface area contributed by atoms with E-state index in [1.807, 2.05) is 6.07 Å². The molecule has 27 heavy (non-hydrogen) atoms. The van der Waals surface area contributed by atoms with Gasteiger partial charge in [-0.25, -0.2) is 4.68 Å². The largest absolute Gasteiger partial charge is 0.457 e. The maximum atomic E-state index is 12.5. The van der Waals surface area contributed by atoms with Crippen LogP contribution in [0.5, 0.6) is 0 Å².